The van der Waals surface area contributed by atoms with Gasteiger partial charge in [-0.25, -0.2) is 0 Å². The second-order valence-corrected chi connectivity index (χ2v) is 5.66. The third kappa shape index (κ3) is 3.44. The van der Waals surface area contributed by atoms with Gasteiger partial charge in [0.25, 0.3) is 0 Å². The van der Waals surface area contributed by atoms with E-state index in [0.29, 0.717) is 0 Å². The summed E-state index contributed by atoms with van der Waals surface area (Å²) in [6.07, 6.45) is 7.03. The molecule has 0 aliphatic heterocycles. The predicted octanol–water partition coefficient (Wildman–Crippen LogP) is 4.51. The number of thioether (sulfide) groups is 1. The van der Waals surface area contributed by atoms with Gasteiger partial charge < -0.3 is 4.74 Å². The van der Waals surface area contributed by atoms with Crippen LogP contribution in [0, 0.1) is 0 Å². The largest absolute Gasteiger partial charge is 0.494 e. The molecule has 0 radical (unpaired) electrons. The third-order valence-electron chi connectivity index (χ3n) is 2.99. The molecular formula is C14H20OS. The van der Waals surface area contributed by atoms with Gasteiger partial charge in [0.1, 0.15) is 5.75 Å². The van der Waals surface area contributed by atoms with E-state index in [2.05, 4.69) is 24.3 Å². The fraction of sp³-hybridized carbons (Fsp3) is 0.571. The lowest BCUT2D eigenvalue weighted by atomic mass is 10.0. The van der Waals surface area contributed by atoms with Crippen molar-refractivity contribution in [2.45, 2.75) is 49.2 Å². The van der Waals surface area contributed by atoms with Crippen molar-refractivity contribution in [3.8, 4) is 5.75 Å². The lowest BCUT2D eigenvalue weighted by molar-refractivity contribution is 0.340. The molecule has 88 valence electrons. The summed E-state index contributed by atoms with van der Waals surface area (Å²) in [6, 6.07) is 8.53. The highest BCUT2D eigenvalue weighted by Crippen LogP contribution is 2.34. The number of hydrogen-bond donors (Lipinski definition) is 0. The second kappa shape index (κ2) is 6.19. The van der Waals surface area contributed by atoms with Crippen LogP contribution in [0.2, 0.25) is 0 Å². The number of hydrogen-bond acceptors (Lipinski definition) is 2. The monoisotopic (exact) mass is 236 g/mol. The molecule has 0 bridgehead atoms. The molecule has 0 N–H and O–H groups in total. The summed E-state index contributed by atoms with van der Waals surface area (Å²) < 4.78 is 5.44. The van der Waals surface area contributed by atoms with Gasteiger partial charge in [0.05, 0.1) is 6.61 Å². The number of ether oxygens (including phenoxy) is 1. The standard InChI is InChI=1S/C14H20OS/c1-2-15-12-8-10-14(11-9-12)16-13-6-4-3-5-7-13/h8-11,13H,2-7H2,1H3. The van der Waals surface area contributed by atoms with Crippen LogP contribution in [0.5, 0.6) is 5.75 Å². The van der Waals surface area contributed by atoms with Crippen molar-refractivity contribution >= 4 is 11.8 Å². The molecule has 1 aromatic rings. The van der Waals surface area contributed by atoms with Gasteiger partial charge in [-0.3, -0.25) is 0 Å². The van der Waals surface area contributed by atoms with Crippen LogP contribution in [0.15, 0.2) is 29.2 Å². The molecule has 0 saturated heterocycles. The number of benzene rings is 1. The Balaban J connectivity index is 1.88. The molecule has 0 atom stereocenters. The summed E-state index contributed by atoms with van der Waals surface area (Å²) in [5, 5.41) is 0.840. The molecule has 1 aliphatic rings. The smallest absolute Gasteiger partial charge is 0.119 e. The minimum atomic E-state index is 0.745. The van der Waals surface area contributed by atoms with E-state index in [1.807, 2.05) is 18.7 Å². The first-order valence-electron chi connectivity index (χ1n) is 6.28. The van der Waals surface area contributed by atoms with Crippen molar-refractivity contribution in [2.24, 2.45) is 0 Å². The highest BCUT2D eigenvalue weighted by atomic mass is 32.2. The lowest BCUT2D eigenvalue weighted by Crippen LogP contribution is -2.07. The van der Waals surface area contributed by atoms with E-state index >= 15 is 0 Å². The maximum atomic E-state index is 5.44. The van der Waals surface area contributed by atoms with Crippen molar-refractivity contribution in [3.05, 3.63) is 24.3 Å². The summed E-state index contributed by atoms with van der Waals surface area (Å²) in [7, 11) is 0. The highest BCUT2D eigenvalue weighted by molar-refractivity contribution is 8.00. The van der Waals surface area contributed by atoms with E-state index in [9.17, 15) is 0 Å². The molecule has 0 unspecified atom stereocenters. The Morgan fingerprint density at radius 3 is 2.44 bits per heavy atom. The molecule has 0 heterocycles. The molecule has 1 fully saturated rings. The van der Waals surface area contributed by atoms with E-state index in [1.165, 1.54) is 37.0 Å². The van der Waals surface area contributed by atoms with Crippen LogP contribution in [0.4, 0.5) is 0 Å². The zero-order valence-corrected chi connectivity index (χ0v) is 10.8. The van der Waals surface area contributed by atoms with Gasteiger partial charge in [-0.15, -0.1) is 11.8 Å². The quantitative estimate of drug-likeness (QED) is 0.760. The Morgan fingerprint density at radius 2 is 1.81 bits per heavy atom. The van der Waals surface area contributed by atoms with Crippen LogP contribution >= 0.6 is 11.8 Å². The molecule has 0 spiro atoms. The molecule has 2 rings (SSSR count). The van der Waals surface area contributed by atoms with E-state index in [1.54, 1.807) is 0 Å². The first kappa shape index (κ1) is 11.8. The van der Waals surface area contributed by atoms with Gasteiger partial charge in [0.15, 0.2) is 0 Å². The number of rotatable bonds is 4. The van der Waals surface area contributed by atoms with Gasteiger partial charge in [-0.1, -0.05) is 19.3 Å². The van der Waals surface area contributed by atoms with Crippen molar-refractivity contribution < 1.29 is 4.74 Å². The van der Waals surface area contributed by atoms with Crippen LogP contribution in [0.25, 0.3) is 0 Å². The molecule has 1 saturated carbocycles. The summed E-state index contributed by atoms with van der Waals surface area (Å²) >= 11 is 2.04. The first-order valence-corrected chi connectivity index (χ1v) is 7.16. The molecule has 16 heavy (non-hydrogen) atoms. The third-order valence-corrected chi connectivity index (χ3v) is 4.34. The average Bonchev–Trinajstić information content (AvgIpc) is 2.33. The van der Waals surface area contributed by atoms with E-state index < -0.39 is 0 Å². The normalized spacial score (nSPS) is 17.3. The van der Waals surface area contributed by atoms with Gasteiger partial charge in [0, 0.05) is 10.1 Å². The topological polar surface area (TPSA) is 9.23 Å². The summed E-state index contributed by atoms with van der Waals surface area (Å²) in [6.45, 7) is 2.76. The van der Waals surface area contributed by atoms with Crippen LogP contribution in [0.3, 0.4) is 0 Å². The fourth-order valence-corrected chi connectivity index (χ4v) is 3.40. The molecule has 1 aromatic carbocycles. The Hall–Kier alpha value is -0.630. The van der Waals surface area contributed by atoms with Crippen molar-refractivity contribution in [2.75, 3.05) is 6.61 Å². The van der Waals surface area contributed by atoms with E-state index in [-0.39, 0.29) is 0 Å². The highest BCUT2D eigenvalue weighted by Gasteiger charge is 2.14. The zero-order chi connectivity index (χ0) is 11.2. The van der Waals surface area contributed by atoms with Crippen LogP contribution in [-0.2, 0) is 0 Å². The maximum absolute atomic E-state index is 5.44. The molecular weight excluding hydrogens is 216 g/mol. The minimum absolute atomic E-state index is 0.745. The lowest BCUT2D eigenvalue weighted by Gasteiger charge is -2.20. The van der Waals surface area contributed by atoms with Gasteiger partial charge >= 0.3 is 0 Å². The molecule has 0 amide bonds. The Morgan fingerprint density at radius 1 is 1.12 bits per heavy atom. The average molecular weight is 236 g/mol. The first-order chi connectivity index (χ1) is 7.88. The van der Waals surface area contributed by atoms with E-state index in [4.69, 9.17) is 4.74 Å². The molecule has 1 aliphatic carbocycles. The van der Waals surface area contributed by atoms with Crippen LogP contribution in [0.1, 0.15) is 39.0 Å². The van der Waals surface area contributed by atoms with Gasteiger partial charge in [-0.05, 0) is 44.0 Å². The van der Waals surface area contributed by atoms with Crippen LogP contribution < -0.4 is 4.74 Å². The molecule has 0 aromatic heterocycles. The van der Waals surface area contributed by atoms with Crippen molar-refractivity contribution in [3.63, 3.8) is 0 Å². The predicted molar refractivity (Wildman–Crippen MR) is 70.3 cm³/mol. The SMILES string of the molecule is CCOc1ccc(SC2CCCCC2)cc1. The second-order valence-electron chi connectivity index (χ2n) is 4.28. The molecule has 1 nitrogen and oxygen atoms in total. The zero-order valence-electron chi connectivity index (χ0n) is 9.95. The Bertz CT molecular complexity index is 301. The van der Waals surface area contributed by atoms with Gasteiger partial charge in [0.2, 0.25) is 0 Å². The Kier molecular flexibility index (Phi) is 4.58. The summed E-state index contributed by atoms with van der Waals surface area (Å²) in [5.74, 6) is 0.982. The van der Waals surface area contributed by atoms with Crippen molar-refractivity contribution in [1.82, 2.24) is 0 Å². The van der Waals surface area contributed by atoms with Crippen LogP contribution in [-0.4, -0.2) is 11.9 Å². The minimum Gasteiger partial charge on any atom is -0.494 e. The maximum Gasteiger partial charge on any atom is 0.119 e. The van der Waals surface area contributed by atoms with E-state index in [0.717, 1.165) is 17.6 Å². The molecule has 2 heteroatoms. The Labute approximate surface area is 103 Å². The summed E-state index contributed by atoms with van der Waals surface area (Å²) in [4.78, 5) is 1.38. The van der Waals surface area contributed by atoms with Crippen molar-refractivity contribution in [1.29, 1.82) is 0 Å². The van der Waals surface area contributed by atoms with Gasteiger partial charge in [-0.2, -0.15) is 0 Å². The summed E-state index contributed by atoms with van der Waals surface area (Å²) in [5.41, 5.74) is 0. The fourth-order valence-electron chi connectivity index (χ4n) is 2.16.